The van der Waals surface area contributed by atoms with Crippen LogP contribution < -0.4 is 16.0 Å². The summed E-state index contributed by atoms with van der Waals surface area (Å²) in [4.78, 5) is 31.0. The molecule has 8 nitrogen and oxygen atoms in total. The number of carbonyl (C=O) groups is 1. The highest BCUT2D eigenvalue weighted by Gasteiger charge is 2.28. The molecule has 2 atom stereocenters. The number of nitrogens with two attached hydrogens (primary N) is 1. The molecule has 1 saturated carbocycles. The number of H-pyrrole nitrogens is 1. The summed E-state index contributed by atoms with van der Waals surface area (Å²) in [5.41, 5.74) is 7.44. The van der Waals surface area contributed by atoms with Crippen LogP contribution in [0.25, 0.3) is 11.2 Å². The number of nitrogens with one attached hydrogen (secondary N) is 2. The predicted molar refractivity (Wildman–Crippen MR) is 101 cm³/mol. The third-order valence-corrected chi connectivity index (χ3v) is 5.43. The van der Waals surface area contributed by atoms with Crippen molar-refractivity contribution in [3.63, 3.8) is 0 Å². The minimum Gasteiger partial charge on any atom is -0.347 e. The summed E-state index contributed by atoms with van der Waals surface area (Å²) in [6.45, 7) is 0.767. The van der Waals surface area contributed by atoms with Crippen LogP contribution >= 0.6 is 24.2 Å². The maximum absolute atomic E-state index is 12.6. The summed E-state index contributed by atoms with van der Waals surface area (Å²) in [7, 11) is 0. The molecule has 2 aliphatic rings. The van der Waals surface area contributed by atoms with E-state index in [4.69, 9.17) is 5.73 Å². The summed E-state index contributed by atoms with van der Waals surface area (Å²) in [5, 5.41) is 3.07. The molecule has 25 heavy (non-hydrogen) atoms. The van der Waals surface area contributed by atoms with Gasteiger partial charge in [0.2, 0.25) is 0 Å². The van der Waals surface area contributed by atoms with Crippen molar-refractivity contribution >= 4 is 47.1 Å². The van der Waals surface area contributed by atoms with Gasteiger partial charge >= 0.3 is 0 Å². The van der Waals surface area contributed by atoms with E-state index in [1.165, 1.54) is 6.33 Å². The molecule has 1 aliphatic carbocycles. The van der Waals surface area contributed by atoms with Crippen LogP contribution in [0.3, 0.4) is 0 Å². The summed E-state index contributed by atoms with van der Waals surface area (Å²) < 4.78 is 0. The quantitative estimate of drug-likeness (QED) is 0.731. The monoisotopic (exact) mass is 381 g/mol. The molecule has 0 radical (unpaired) electrons. The number of thioether (sulfide) groups is 1. The number of carbonyl (C=O) groups excluding carboxylic acids is 1. The molecule has 2 aromatic rings. The molecule has 2 aromatic heterocycles. The number of hydrogen-bond donors (Lipinski definition) is 3. The molecule has 1 aliphatic heterocycles. The molecule has 0 aromatic carbocycles. The third kappa shape index (κ3) is 3.58. The average Bonchev–Trinajstić information content (AvgIpc) is 3.24. The van der Waals surface area contributed by atoms with Crippen molar-refractivity contribution in [3.05, 3.63) is 23.8 Å². The smallest absolute Gasteiger partial charge is 0.259 e. The van der Waals surface area contributed by atoms with Gasteiger partial charge in [-0.1, -0.05) is 0 Å². The second-order valence-electron chi connectivity index (χ2n) is 6.01. The Labute approximate surface area is 155 Å². The van der Waals surface area contributed by atoms with E-state index >= 15 is 0 Å². The summed E-state index contributed by atoms with van der Waals surface area (Å²) >= 11 is 1.56. The Morgan fingerprint density at radius 2 is 2.24 bits per heavy atom. The second-order valence-corrected chi connectivity index (χ2v) is 7.14. The molecule has 0 unspecified atom stereocenters. The first kappa shape index (κ1) is 18.0. The van der Waals surface area contributed by atoms with Crippen molar-refractivity contribution in [3.8, 4) is 0 Å². The van der Waals surface area contributed by atoms with Gasteiger partial charge in [0.1, 0.15) is 6.33 Å². The van der Waals surface area contributed by atoms with Crippen molar-refractivity contribution < 1.29 is 4.79 Å². The molecule has 10 heteroatoms. The molecule has 4 N–H and O–H groups in total. The molecule has 4 rings (SSSR count). The highest BCUT2D eigenvalue weighted by Crippen LogP contribution is 2.28. The molecule has 0 spiro atoms. The first-order chi connectivity index (χ1) is 11.7. The highest BCUT2D eigenvalue weighted by atomic mass is 35.5. The normalized spacial score (nSPS) is 23.2. The second kappa shape index (κ2) is 7.59. The minimum absolute atomic E-state index is 0. The molecule has 0 saturated heterocycles. The van der Waals surface area contributed by atoms with E-state index in [-0.39, 0.29) is 30.4 Å². The van der Waals surface area contributed by atoms with Gasteiger partial charge in [-0.2, -0.15) is 0 Å². The van der Waals surface area contributed by atoms with E-state index in [9.17, 15) is 4.79 Å². The number of aromatic amines is 1. The van der Waals surface area contributed by atoms with E-state index in [1.54, 1.807) is 18.1 Å². The van der Waals surface area contributed by atoms with Crippen molar-refractivity contribution in [1.82, 2.24) is 25.3 Å². The van der Waals surface area contributed by atoms with Crippen LogP contribution in [0.4, 0.5) is 5.82 Å². The van der Waals surface area contributed by atoms with Crippen LogP contribution in [-0.4, -0.2) is 50.2 Å². The Kier molecular flexibility index (Phi) is 5.45. The van der Waals surface area contributed by atoms with Crippen molar-refractivity contribution in [1.29, 1.82) is 0 Å². The lowest BCUT2D eigenvalue weighted by atomic mass is 10.2. The molecule has 1 amide bonds. The first-order valence-corrected chi connectivity index (χ1v) is 9.03. The van der Waals surface area contributed by atoms with Gasteiger partial charge in [0, 0.05) is 30.6 Å². The van der Waals surface area contributed by atoms with Gasteiger partial charge in [-0.15, -0.1) is 24.2 Å². The van der Waals surface area contributed by atoms with Gasteiger partial charge in [0.15, 0.2) is 17.0 Å². The highest BCUT2D eigenvalue weighted by molar-refractivity contribution is 8.04. The van der Waals surface area contributed by atoms with Crippen LogP contribution in [-0.2, 0) is 4.79 Å². The van der Waals surface area contributed by atoms with Gasteiger partial charge in [-0.05, 0) is 19.3 Å². The van der Waals surface area contributed by atoms with Gasteiger partial charge < -0.3 is 20.9 Å². The fraction of sp³-hybridized carbons (Fsp3) is 0.467. The molecule has 1 fully saturated rings. The number of amides is 1. The molecular formula is C15H20ClN7OS. The fourth-order valence-corrected chi connectivity index (χ4v) is 4.06. The number of anilines is 1. The molecule has 134 valence electrons. The summed E-state index contributed by atoms with van der Waals surface area (Å²) in [6.07, 6.45) is 7.95. The average molecular weight is 382 g/mol. The Hall–Kier alpha value is -1.84. The van der Waals surface area contributed by atoms with Gasteiger partial charge in [-0.3, -0.25) is 4.79 Å². The van der Waals surface area contributed by atoms with Crippen molar-refractivity contribution in [2.45, 2.75) is 31.3 Å². The number of hydrogen-bond acceptors (Lipinski definition) is 7. The predicted octanol–water partition coefficient (Wildman–Crippen LogP) is 1.17. The number of aromatic nitrogens is 4. The Morgan fingerprint density at radius 1 is 1.36 bits per heavy atom. The maximum atomic E-state index is 12.6. The minimum atomic E-state index is -0.0561. The van der Waals surface area contributed by atoms with Gasteiger partial charge in [0.05, 0.1) is 11.2 Å². The number of imidazole rings is 1. The van der Waals surface area contributed by atoms with E-state index in [2.05, 4.69) is 25.3 Å². The number of nitrogens with zero attached hydrogens (tertiary/aromatic N) is 4. The van der Waals surface area contributed by atoms with Crippen molar-refractivity contribution in [2.24, 2.45) is 5.73 Å². The summed E-state index contributed by atoms with van der Waals surface area (Å²) in [6, 6.07) is 0.135. The molecule has 3 heterocycles. The number of halogens is 1. The Bertz CT molecular complexity index is 795. The van der Waals surface area contributed by atoms with E-state index in [0.717, 1.165) is 31.6 Å². The number of rotatable bonds is 3. The molecular weight excluding hydrogens is 362 g/mol. The third-order valence-electron chi connectivity index (χ3n) is 4.44. The van der Waals surface area contributed by atoms with E-state index in [0.29, 0.717) is 21.9 Å². The number of fused-ring (bicyclic) bond motifs is 1. The zero-order valence-corrected chi connectivity index (χ0v) is 15.1. The van der Waals surface area contributed by atoms with Gasteiger partial charge in [0.25, 0.3) is 5.91 Å². The first-order valence-electron chi connectivity index (χ1n) is 8.04. The van der Waals surface area contributed by atoms with Crippen LogP contribution in [0.1, 0.15) is 19.3 Å². The zero-order chi connectivity index (χ0) is 16.5. The lowest BCUT2D eigenvalue weighted by Gasteiger charge is -2.26. The SMILES string of the molecule is Cl.N[C@@H]1CCC[C@H]1NC(=O)C1=CN(c2ncnc3[nH]cnc23)CCS1. The van der Waals surface area contributed by atoms with Crippen LogP contribution in [0.2, 0.25) is 0 Å². The largest absolute Gasteiger partial charge is 0.347 e. The van der Waals surface area contributed by atoms with E-state index < -0.39 is 0 Å². The summed E-state index contributed by atoms with van der Waals surface area (Å²) in [5.74, 6) is 1.47. The standard InChI is InChI=1S/C15H19N7OS.ClH/c16-9-2-1-3-10(9)21-15(23)11-6-22(4-5-24-11)14-12-13(18-7-17-12)19-8-20-14;/h6-10H,1-5,16H2,(H,21,23)(H,17,18,19,20);1H/t9-,10-;/m1./s1. The Morgan fingerprint density at radius 3 is 3.04 bits per heavy atom. The van der Waals surface area contributed by atoms with Crippen LogP contribution in [0.5, 0.6) is 0 Å². The van der Waals surface area contributed by atoms with Gasteiger partial charge in [-0.25, -0.2) is 15.0 Å². The van der Waals surface area contributed by atoms with E-state index in [1.807, 2.05) is 11.1 Å². The lowest BCUT2D eigenvalue weighted by molar-refractivity contribution is -0.117. The fourth-order valence-electron chi connectivity index (χ4n) is 3.16. The topological polar surface area (TPSA) is 113 Å². The van der Waals surface area contributed by atoms with Crippen LogP contribution in [0.15, 0.2) is 23.8 Å². The lowest BCUT2D eigenvalue weighted by Crippen LogP contribution is -2.44. The maximum Gasteiger partial charge on any atom is 0.259 e. The van der Waals surface area contributed by atoms with Crippen molar-refractivity contribution in [2.75, 3.05) is 17.2 Å². The zero-order valence-electron chi connectivity index (χ0n) is 13.5. The Balaban J connectivity index is 0.00000182. The molecule has 0 bridgehead atoms. The van der Waals surface area contributed by atoms with Crippen LogP contribution in [0, 0.1) is 0 Å².